The Morgan fingerprint density at radius 3 is 2.86 bits per heavy atom. The van der Waals surface area contributed by atoms with Crippen LogP contribution in [-0.2, 0) is 0 Å². The number of hydrogen-bond acceptors (Lipinski definition) is 4. The van der Waals surface area contributed by atoms with Gasteiger partial charge in [0.05, 0.1) is 11.8 Å². The number of hydrogen-bond donors (Lipinski definition) is 2. The topological polar surface area (TPSA) is 91.8 Å². The number of nitrogens with one attached hydrogen (secondary N) is 1. The van der Waals surface area contributed by atoms with Crippen LogP contribution in [0.4, 0.5) is 0 Å². The number of carboxylic acid groups (broad SMARTS) is 1. The zero-order valence-electron chi connectivity index (χ0n) is 7.01. The molecule has 0 aliphatic heterocycles. The highest BCUT2D eigenvalue weighted by Gasteiger charge is 2.06. The Kier molecular flexibility index (Phi) is 1.94. The lowest BCUT2D eigenvalue weighted by molar-refractivity contribution is 0.0696. The molecule has 0 atom stereocenters. The summed E-state index contributed by atoms with van der Waals surface area (Å²) < 4.78 is 0. The third-order valence-electron chi connectivity index (χ3n) is 1.70. The highest BCUT2D eigenvalue weighted by molar-refractivity contribution is 5.88. The third kappa shape index (κ3) is 1.45. The maximum absolute atomic E-state index is 10.6. The maximum atomic E-state index is 10.6. The fourth-order valence-electron chi connectivity index (χ4n) is 1.04. The molecule has 0 aromatic carbocycles. The van der Waals surface area contributed by atoms with Crippen molar-refractivity contribution in [2.24, 2.45) is 0 Å². The number of aromatic nitrogens is 4. The van der Waals surface area contributed by atoms with E-state index >= 15 is 0 Å². The summed E-state index contributed by atoms with van der Waals surface area (Å²) in [7, 11) is 0. The fourth-order valence-corrected chi connectivity index (χ4v) is 1.04. The molecule has 0 saturated heterocycles. The van der Waals surface area contributed by atoms with Crippen LogP contribution in [0.1, 0.15) is 10.4 Å². The van der Waals surface area contributed by atoms with Gasteiger partial charge in [-0.1, -0.05) is 0 Å². The molecule has 6 heteroatoms. The first-order chi connectivity index (χ1) is 6.77. The normalized spacial score (nSPS) is 10.0. The zero-order valence-corrected chi connectivity index (χ0v) is 7.01. The van der Waals surface area contributed by atoms with E-state index in [-0.39, 0.29) is 5.56 Å². The summed E-state index contributed by atoms with van der Waals surface area (Å²) in [5.74, 6) is -1.01. The Hall–Kier alpha value is -2.24. The number of pyridine rings is 1. The predicted octanol–water partition coefficient (Wildman–Crippen LogP) is 0.565. The molecule has 0 bridgehead atoms. The molecule has 0 spiro atoms. The van der Waals surface area contributed by atoms with Crippen LogP contribution in [0.25, 0.3) is 11.3 Å². The molecule has 14 heavy (non-hydrogen) atoms. The monoisotopic (exact) mass is 190 g/mol. The number of H-pyrrole nitrogens is 1. The van der Waals surface area contributed by atoms with Gasteiger partial charge in [-0.15, -0.1) is 0 Å². The van der Waals surface area contributed by atoms with Crippen molar-refractivity contribution in [3.8, 4) is 11.3 Å². The quantitative estimate of drug-likeness (QED) is 0.722. The first-order valence-corrected chi connectivity index (χ1v) is 3.82. The molecule has 2 heterocycles. The van der Waals surface area contributed by atoms with Crippen molar-refractivity contribution in [3.05, 3.63) is 30.2 Å². The minimum Gasteiger partial charge on any atom is -0.478 e. The SMILES string of the molecule is O=C(O)c1cncc(-c2cn[nH]n2)c1. The number of aromatic carboxylic acids is 1. The van der Waals surface area contributed by atoms with Crippen molar-refractivity contribution < 1.29 is 9.90 Å². The van der Waals surface area contributed by atoms with Crippen molar-refractivity contribution in [2.75, 3.05) is 0 Å². The van der Waals surface area contributed by atoms with E-state index in [1.807, 2.05) is 0 Å². The van der Waals surface area contributed by atoms with Crippen LogP contribution < -0.4 is 0 Å². The summed E-state index contributed by atoms with van der Waals surface area (Å²) in [5.41, 5.74) is 1.32. The van der Waals surface area contributed by atoms with Crippen molar-refractivity contribution in [2.45, 2.75) is 0 Å². The lowest BCUT2D eigenvalue weighted by Gasteiger charge is -1.96. The van der Waals surface area contributed by atoms with E-state index in [1.54, 1.807) is 0 Å². The minimum absolute atomic E-state index is 0.130. The molecular weight excluding hydrogens is 184 g/mol. The standard InChI is InChI=1S/C8H6N4O2/c13-8(14)6-1-5(2-9-3-6)7-4-10-12-11-7/h1-4H,(H,13,14)(H,10,11,12). The molecule has 0 fully saturated rings. The summed E-state index contributed by atoms with van der Waals surface area (Å²) >= 11 is 0. The molecule has 0 unspecified atom stereocenters. The molecule has 0 aliphatic rings. The summed E-state index contributed by atoms with van der Waals surface area (Å²) in [4.78, 5) is 14.4. The molecular formula is C8H6N4O2. The molecule has 0 aliphatic carbocycles. The minimum atomic E-state index is -1.01. The van der Waals surface area contributed by atoms with Gasteiger partial charge in [0.1, 0.15) is 5.69 Å². The van der Waals surface area contributed by atoms with Crippen molar-refractivity contribution in [1.29, 1.82) is 0 Å². The Labute approximate surface area is 78.6 Å². The zero-order chi connectivity index (χ0) is 9.97. The molecule has 0 amide bonds. The second kappa shape index (κ2) is 3.25. The molecule has 2 aromatic heterocycles. The Bertz CT molecular complexity index is 452. The Balaban J connectivity index is 2.46. The highest BCUT2D eigenvalue weighted by atomic mass is 16.4. The molecule has 6 nitrogen and oxygen atoms in total. The Morgan fingerprint density at radius 1 is 1.36 bits per heavy atom. The number of rotatable bonds is 2. The number of carboxylic acids is 1. The molecule has 0 saturated carbocycles. The lowest BCUT2D eigenvalue weighted by Crippen LogP contribution is -1.97. The van der Waals surface area contributed by atoms with Crippen LogP contribution in [0.3, 0.4) is 0 Å². The van der Waals surface area contributed by atoms with Crippen LogP contribution in [0, 0.1) is 0 Å². The molecule has 2 aromatic rings. The predicted molar refractivity (Wildman–Crippen MR) is 46.6 cm³/mol. The van der Waals surface area contributed by atoms with E-state index in [0.29, 0.717) is 11.3 Å². The maximum Gasteiger partial charge on any atom is 0.337 e. The summed E-state index contributed by atoms with van der Waals surface area (Å²) in [6, 6.07) is 1.49. The van der Waals surface area contributed by atoms with Crippen LogP contribution in [0.15, 0.2) is 24.7 Å². The second-order valence-corrected chi connectivity index (χ2v) is 2.62. The van der Waals surface area contributed by atoms with Crippen LogP contribution in [0.2, 0.25) is 0 Å². The number of carbonyl (C=O) groups is 1. The van der Waals surface area contributed by atoms with Crippen molar-refractivity contribution in [1.82, 2.24) is 20.4 Å². The van der Waals surface area contributed by atoms with Crippen molar-refractivity contribution >= 4 is 5.97 Å². The van der Waals surface area contributed by atoms with E-state index < -0.39 is 5.97 Å². The van der Waals surface area contributed by atoms with Gasteiger partial charge in [-0.05, 0) is 6.07 Å². The Morgan fingerprint density at radius 2 is 2.21 bits per heavy atom. The van der Waals surface area contributed by atoms with Crippen LogP contribution >= 0.6 is 0 Å². The van der Waals surface area contributed by atoms with Gasteiger partial charge in [-0.2, -0.15) is 15.4 Å². The van der Waals surface area contributed by atoms with E-state index in [2.05, 4.69) is 20.4 Å². The fraction of sp³-hybridized carbons (Fsp3) is 0. The van der Waals surface area contributed by atoms with Gasteiger partial charge in [-0.25, -0.2) is 4.79 Å². The highest BCUT2D eigenvalue weighted by Crippen LogP contribution is 2.14. The number of aromatic amines is 1. The van der Waals surface area contributed by atoms with Gasteiger partial charge in [0.2, 0.25) is 0 Å². The number of nitrogens with zero attached hydrogens (tertiary/aromatic N) is 3. The van der Waals surface area contributed by atoms with E-state index in [4.69, 9.17) is 5.11 Å². The van der Waals surface area contributed by atoms with Gasteiger partial charge in [0, 0.05) is 18.0 Å². The molecule has 70 valence electrons. The van der Waals surface area contributed by atoms with E-state index in [9.17, 15) is 4.79 Å². The summed E-state index contributed by atoms with van der Waals surface area (Å²) in [6.45, 7) is 0. The van der Waals surface area contributed by atoms with Crippen LogP contribution in [0.5, 0.6) is 0 Å². The average molecular weight is 190 g/mol. The molecule has 2 N–H and O–H groups in total. The van der Waals surface area contributed by atoms with Crippen LogP contribution in [-0.4, -0.2) is 31.5 Å². The van der Waals surface area contributed by atoms with Gasteiger partial charge >= 0.3 is 5.97 Å². The smallest absolute Gasteiger partial charge is 0.337 e. The molecule has 2 rings (SSSR count). The van der Waals surface area contributed by atoms with Gasteiger partial charge in [0.15, 0.2) is 0 Å². The third-order valence-corrected chi connectivity index (χ3v) is 1.70. The second-order valence-electron chi connectivity index (χ2n) is 2.62. The average Bonchev–Trinajstić information content (AvgIpc) is 2.71. The largest absolute Gasteiger partial charge is 0.478 e. The first-order valence-electron chi connectivity index (χ1n) is 3.82. The summed E-state index contributed by atoms with van der Waals surface area (Å²) in [6.07, 6.45) is 4.32. The first kappa shape index (κ1) is 8.36. The van der Waals surface area contributed by atoms with Gasteiger partial charge < -0.3 is 5.11 Å². The van der Waals surface area contributed by atoms with Gasteiger partial charge in [0.25, 0.3) is 0 Å². The summed E-state index contributed by atoms with van der Waals surface area (Å²) in [5, 5.41) is 18.6. The van der Waals surface area contributed by atoms with E-state index in [1.165, 1.54) is 24.7 Å². The van der Waals surface area contributed by atoms with Crippen molar-refractivity contribution in [3.63, 3.8) is 0 Å². The lowest BCUT2D eigenvalue weighted by atomic mass is 10.2. The molecule has 0 radical (unpaired) electrons. The van der Waals surface area contributed by atoms with Gasteiger partial charge in [-0.3, -0.25) is 4.98 Å². The van der Waals surface area contributed by atoms with E-state index in [0.717, 1.165) is 0 Å².